The van der Waals surface area contributed by atoms with E-state index in [9.17, 15) is 0 Å². The van der Waals surface area contributed by atoms with Crippen molar-refractivity contribution in [1.29, 1.82) is 0 Å². The highest BCUT2D eigenvalue weighted by Gasteiger charge is 2.32. The van der Waals surface area contributed by atoms with E-state index in [0.717, 1.165) is 24.6 Å². The van der Waals surface area contributed by atoms with Crippen LogP contribution in [0.3, 0.4) is 0 Å². The number of rotatable bonds is 1. The summed E-state index contributed by atoms with van der Waals surface area (Å²) in [5.74, 6) is 1.71. The molecule has 0 aromatic heterocycles. The summed E-state index contributed by atoms with van der Waals surface area (Å²) >= 11 is 0. The second kappa shape index (κ2) is 4.85. The van der Waals surface area contributed by atoms with Gasteiger partial charge < -0.3 is 19.7 Å². The van der Waals surface area contributed by atoms with Gasteiger partial charge in [-0.25, -0.2) is 0 Å². The number of hydrogen-bond donors (Lipinski definition) is 1. The zero-order chi connectivity index (χ0) is 14.3. The van der Waals surface area contributed by atoms with Crippen molar-refractivity contribution in [3.8, 4) is 11.5 Å². The van der Waals surface area contributed by atoms with Gasteiger partial charge >= 0.3 is 0 Å². The summed E-state index contributed by atoms with van der Waals surface area (Å²) in [6.07, 6.45) is 0. The van der Waals surface area contributed by atoms with Crippen LogP contribution in [0.1, 0.15) is 27.7 Å². The SMILES string of the molecule is CC1CNC(C(C)(C)C)CN1c1ccc2c(c1)OCO2. The summed E-state index contributed by atoms with van der Waals surface area (Å²) in [6, 6.07) is 7.22. The molecule has 4 heteroatoms. The first-order chi connectivity index (χ1) is 9.45. The van der Waals surface area contributed by atoms with Gasteiger partial charge in [-0.3, -0.25) is 0 Å². The Morgan fingerprint density at radius 2 is 1.95 bits per heavy atom. The van der Waals surface area contributed by atoms with Crippen LogP contribution in [0, 0.1) is 5.41 Å². The third-order valence-corrected chi connectivity index (χ3v) is 4.30. The molecular weight excluding hydrogens is 252 g/mol. The maximum Gasteiger partial charge on any atom is 0.231 e. The number of ether oxygens (including phenoxy) is 2. The van der Waals surface area contributed by atoms with Crippen LogP contribution in [-0.2, 0) is 0 Å². The van der Waals surface area contributed by atoms with Crippen LogP contribution in [0.15, 0.2) is 18.2 Å². The second-order valence-corrected chi connectivity index (χ2v) is 6.87. The molecule has 2 unspecified atom stereocenters. The van der Waals surface area contributed by atoms with Crippen molar-refractivity contribution >= 4 is 5.69 Å². The van der Waals surface area contributed by atoms with Gasteiger partial charge in [0.1, 0.15) is 0 Å². The van der Waals surface area contributed by atoms with Gasteiger partial charge in [0.15, 0.2) is 11.5 Å². The minimum Gasteiger partial charge on any atom is -0.454 e. The van der Waals surface area contributed by atoms with Crippen LogP contribution < -0.4 is 19.7 Å². The van der Waals surface area contributed by atoms with Crippen LogP contribution in [0.25, 0.3) is 0 Å². The Kier molecular flexibility index (Phi) is 3.28. The average molecular weight is 276 g/mol. The topological polar surface area (TPSA) is 33.7 Å². The fourth-order valence-corrected chi connectivity index (χ4v) is 2.87. The highest BCUT2D eigenvalue weighted by atomic mass is 16.7. The van der Waals surface area contributed by atoms with E-state index in [1.165, 1.54) is 5.69 Å². The monoisotopic (exact) mass is 276 g/mol. The molecule has 0 amide bonds. The number of piperazine rings is 1. The number of fused-ring (bicyclic) bond motifs is 1. The first kappa shape index (κ1) is 13.6. The number of nitrogens with one attached hydrogen (secondary N) is 1. The van der Waals surface area contributed by atoms with Crippen molar-refractivity contribution in [2.24, 2.45) is 5.41 Å². The molecule has 2 atom stereocenters. The quantitative estimate of drug-likeness (QED) is 0.855. The molecule has 4 nitrogen and oxygen atoms in total. The van der Waals surface area contributed by atoms with Gasteiger partial charge in [-0.15, -0.1) is 0 Å². The standard InChI is InChI=1S/C16H24N2O2/c1-11-8-17-15(16(2,3)4)9-18(11)12-5-6-13-14(7-12)20-10-19-13/h5-7,11,15,17H,8-10H2,1-4H3. The predicted octanol–water partition coefficient (Wildman–Crippen LogP) is 2.63. The van der Waals surface area contributed by atoms with Crippen molar-refractivity contribution in [3.05, 3.63) is 18.2 Å². The maximum atomic E-state index is 5.49. The largest absolute Gasteiger partial charge is 0.454 e. The Morgan fingerprint density at radius 1 is 1.20 bits per heavy atom. The second-order valence-electron chi connectivity index (χ2n) is 6.87. The molecule has 1 saturated heterocycles. The van der Waals surface area contributed by atoms with Crippen LogP contribution in [0.4, 0.5) is 5.69 Å². The smallest absolute Gasteiger partial charge is 0.231 e. The van der Waals surface area contributed by atoms with Gasteiger partial charge in [0.05, 0.1) is 0 Å². The third kappa shape index (κ3) is 2.44. The Labute approximate surface area is 121 Å². The number of nitrogens with zero attached hydrogens (tertiary/aromatic N) is 1. The molecule has 0 spiro atoms. The fourth-order valence-electron chi connectivity index (χ4n) is 2.87. The van der Waals surface area contributed by atoms with Crippen molar-refractivity contribution in [2.75, 3.05) is 24.8 Å². The molecule has 3 rings (SSSR count). The summed E-state index contributed by atoms with van der Waals surface area (Å²) in [6.45, 7) is 11.5. The van der Waals surface area contributed by atoms with E-state index in [2.05, 4.69) is 50.0 Å². The molecule has 1 aromatic rings. The van der Waals surface area contributed by atoms with E-state index in [4.69, 9.17) is 9.47 Å². The lowest BCUT2D eigenvalue weighted by Crippen LogP contribution is -2.59. The molecule has 1 fully saturated rings. The lowest BCUT2D eigenvalue weighted by Gasteiger charge is -2.45. The van der Waals surface area contributed by atoms with E-state index in [1.807, 2.05) is 6.07 Å². The van der Waals surface area contributed by atoms with Crippen molar-refractivity contribution in [3.63, 3.8) is 0 Å². The number of benzene rings is 1. The van der Waals surface area contributed by atoms with E-state index in [0.29, 0.717) is 18.9 Å². The lowest BCUT2D eigenvalue weighted by atomic mass is 9.84. The molecule has 110 valence electrons. The molecule has 2 heterocycles. The summed E-state index contributed by atoms with van der Waals surface area (Å²) in [7, 11) is 0. The first-order valence-corrected chi connectivity index (χ1v) is 7.35. The molecule has 0 aliphatic carbocycles. The summed E-state index contributed by atoms with van der Waals surface area (Å²) in [4.78, 5) is 2.47. The van der Waals surface area contributed by atoms with Crippen LogP contribution in [0.5, 0.6) is 11.5 Å². The summed E-state index contributed by atoms with van der Waals surface area (Å²) in [5, 5.41) is 3.66. The highest BCUT2D eigenvalue weighted by Crippen LogP contribution is 2.37. The minimum absolute atomic E-state index is 0.259. The molecule has 1 N–H and O–H groups in total. The van der Waals surface area contributed by atoms with Gasteiger partial charge in [0, 0.05) is 36.9 Å². The van der Waals surface area contributed by atoms with Crippen LogP contribution in [-0.4, -0.2) is 32.0 Å². The molecule has 2 aliphatic heterocycles. The van der Waals surface area contributed by atoms with Crippen molar-refractivity contribution in [1.82, 2.24) is 5.32 Å². The third-order valence-electron chi connectivity index (χ3n) is 4.30. The normalized spacial score (nSPS) is 25.9. The number of anilines is 1. The van der Waals surface area contributed by atoms with Gasteiger partial charge in [0.25, 0.3) is 0 Å². The predicted molar refractivity (Wildman–Crippen MR) is 80.6 cm³/mol. The Balaban J connectivity index is 1.84. The zero-order valence-electron chi connectivity index (χ0n) is 12.8. The van der Waals surface area contributed by atoms with Crippen molar-refractivity contribution in [2.45, 2.75) is 39.8 Å². The highest BCUT2D eigenvalue weighted by molar-refractivity contribution is 5.58. The van der Waals surface area contributed by atoms with Gasteiger partial charge in [0.2, 0.25) is 6.79 Å². The Bertz CT molecular complexity index is 496. The van der Waals surface area contributed by atoms with Gasteiger partial charge in [-0.2, -0.15) is 0 Å². The van der Waals surface area contributed by atoms with E-state index in [1.54, 1.807) is 0 Å². The maximum absolute atomic E-state index is 5.49. The van der Waals surface area contributed by atoms with E-state index >= 15 is 0 Å². The van der Waals surface area contributed by atoms with Crippen LogP contribution >= 0.6 is 0 Å². The molecule has 20 heavy (non-hydrogen) atoms. The van der Waals surface area contributed by atoms with E-state index in [-0.39, 0.29) is 5.41 Å². The summed E-state index contributed by atoms with van der Waals surface area (Å²) < 4.78 is 10.9. The Hall–Kier alpha value is -1.42. The van der Waals surface area contributed by atoms with Crippen molar-refractivity contribution < 1.29 is 9.47 Å². The van der Waals surface area contributed by atoms with E-state index < -0.39 is 0 Å². The lowest BCUT2D eigenvalue weighted by molar-refractivity contribution is 0.174. The molecule has 0 radical (unpaired) electrons. The number of hydrogen-bond acceptors (Lipinski definition) is 4. The van der Waals surface area contributed by atoms with Crippen LogP contribution in [0.2, 0.25) is 0 Å². The molecule has 0 bridgehead atoms. The Morgan fingerprint density at radius 3 is 2.70 bits per heavy atom. The average Bonchev–Trinajstić information content (AvgIpc) is 2.85. The molecule has 1 aromatic carbocycles. The van der Waals surface area contributed by atoms with Gasteiger partial charge in [-0.05, 0) is 24.5 Å². The minimum atomic E-state index is 0.259. The molecule has 2 aliphatic rings. The zero-order valence-corrected chi connectivity index (χ0v) is 12.8. The first-order valence-electron chi connectivity index (χ1n) is 7.35. The van der Waals surface area contributed by atoms with Gasteiger partial charge in [-0.1, -0.05) is 20.8 Å². The molecule has 0 saturated carbocycles. The molecular formula is C16H24N2O2. The summed E-state index contributed by atoms with van der Waals surface area (Å²) in [5.41, 5.74) is 1.48. The fraction of sp³-hybridized carbons (Fsp3) is 0.625.